The van der Waals surface area contributed by atoms with Gasteiger partial charge in [-0.3, -0.25) is 0 Å². The van der Waals surface area contributed by atoms with Crippen molar-refractivity contribution < 1.29 is 12.8 Å². The first-order chi connectivity index (χ1) is 9.29. The summed E-state index contributed by atoms with van der Waals surface area (Å²) in [5, 5.41) is 0.349. The van der Waals surface area contributed by atoms with Crippen LogP contribution in [-0.2, 0) is 15.6 Å². The molecule has 2 aromatic rings. The zero-order chi connectivity index (χ0) is 14.9. The minimum absolute atomic E-state index is 0.00829. The molecule has 0 aromatic heterocycles. The highest BCUT2D eigenvalue weighted by atomic mass is 35.5. The molecule has 0 aliphatic heterocycles. The van der Waals surface area contributed by atoms with Crippen molar-refractivity contribution in [2.24, 2.45) is 0 Å². The second-order valence-corrected chi connectivity index (χ2v) is 7.01. The summed E-state index contributed by atoms with van der Waals surface area (Å²) in [5.41, 5.74) is 5.85. The van der Waals surface area contributed by atoms with E-state index in [1.54, 1.807) is 0 Å². The van der Waals surface area contributed by atoms with Crippen molar-refractivity contribution >= 4 is 38.7 Å². The van der Waals surface area contributed by atoms with E-state index >= 15 is 0 Å². The molecule has 7 heteroatoms. The van der Waals surface area contributed by atoms with Gasteiger partial charge < -0.3 is 5.73 Å². The van der Waals surface area contributed by atoms with Crippen molar-refractivity contribution in [2.45, 2.75) is 10.6 Å². The molecule has 0 saturated carbocycles. The number of rotatable bonds is 3. The summed E-state index contributed by atoms with van der Waals surface area (Å²) in [7, 11) is -3.71. The molecular formula is C13H10Cl2FNO2S. The summed E-state index contributed by atoms with van der Waals surface area (Å²) in [6.45, 7) is 0. The molecule has 0 aliphatic rings. The van der Waals surface area contributed by atoms with Crippen molar-refractivity contribution in [3.05, 3.63) is 57.8 Å². The van der Waals surface area contributed by atoms with Crippen LogP contribution in [0.3, 0.4) is 0 Å². The number of nitrogen functional groups attached to an aromatic ring is 1. The van der Waals surface area contributed by atoms with Gasteiger partial charge in [-0.2, -0.15) is 0 Å². The topological polar surface area (TPSA) is 60.2 Å². The standard InChI is InChI=1S/C13H10Cl2FNO2S/c14-9-2-1-8(12(16)5-9)7-20(18,19)10-3-4-13(17)11(15)6-10/h1-6H,7,17H2. The first-order valence-electron chi connectivity index (χ1n) is 5.51. The van der Waals surface area contributed by atoms with E-state index in [0.29, 0.717) is 0 Å². The molecule has 20 heavy (non-hydrogen) atoms. The van der Waals surface area contributed by atoms with Gasteiger partial charge in [0, 0.05) is 10.6 Å². The zero-order valence-electron chi connectivity index (χ0n) is 10.1. The van der Waals surface area contributed by atoms with E-state index in [1.165, 1.54) is 30.3 Å². The van der Waals surface area contributed by atoms with E-state index in [2.05, 4.69) is 0 Å². The number of nitrogens with two attached hydrogens (primary N) is 1. The number of sulfone groups is 1. The monoisotopic (exact) mass is 333 g/mol. The maximum absolute atomic E-state index is 13.6. The Morgan fingerprint density at radius 2 is 1.80 bits per heavy atom. The third-order valence-electron chi connectivity index (χ3n) is 2.69. The molecule has 0 fully saturated rings. The predicted octanol–water partition coefficient (Wildman–Crippen LogP) is 3.69. The van der Waals surface area contributed by atoms with Gasteiger partial charge in [-0.15, -0.1) is 0 Å². The summed E-state index contributed by atoms with van der Waals surface area (Å²) in [4.78, 5) is -0.00829. The number of halogens is 3. The van der Waals surface area contributed by atoms with Gasteiger partial charge in [0.05, 0.1) is 21.4 Å². The molecule has 3 nitrogen and oxygen atoms in total. The number of benzene rings is 2. The largest absolute Gasteiger partial charge is 0.398 e. The van der Waals surface area contributed by atoms with Crippen LogP contribution in [0.5, 0.6) is 0 Å². The minimum Gasteiger partial charge on any atom is -0.398 e. The average Bonchev–Trinajstić information content (AvgIpc) is 2.36. The van der Waals surface area contributed by atoms with Gasteiger partial charge in [-0.05, 0) is 30.3 Å². The van der Waals surface area contributed by atoms with Gasteiger partial charge in [0.15, 0.2) is 9.84 Å². The molecule has 0 spiro atoms. The fourth-order valence-corrected chi connectivity index (χ4v) is 3.42. The smallest absolute Gasteiger partial charge is 0.182 e. The summed E-state index contributed by atoms with van der Waals surface area (Å²) in [6, 6.07) is 7.83. The Kier molecular flexibility index (Phi) is 4.22. The summed E-state index contributed by atoms with van der Waals surface area (Å²) in [6.07, 6.45) is 0. The van der Waals surface area contributed by atoms with E-state index < -0.39 is 21.4 Å². The zero-order valence-corrected chi connectivity index (χ0v) is 12.4. The van der Waals surface area contributed by atoms with Crippen molar-refractivity contribution in [2.75, 3.05) is 5.73 Å². The van der Waals surface area contributed by atoms with Gasteiger partial charge in [0.1, 0.15) is 5.82 Å². The predicted molar refractivity (Wildman–Crippen MR) is 78.2 cm³/mol. The third kappa shape index (κ3) is 3.23. The Morgan fingerprint density at radius 3 is 2.40 bits per heavy atom. The lowest BCUT2D eigenvalue weighted by molar-refractivity contribution is 0.587. The van der Waals surface area contributed by atoms with Gasteiger partial charge >= 0.3 is 0 Å². The fourth-order valence-electron chi connectivity index (χ4n) is 1.63. The fraction of sp³-hybridized carbons (Fsp3) is 0.0769. The second kappa shape index (κ2) is 5.60. The van der Waals surface area contributed by atoms with Crippen LogP contribution in [-0.4, -0.2) is 8.42 Å². The molecule has 0 bridgehead atoms. The number of hydrogen-bond donors (Lipinski definition) is 1. The van der Waals surface area contributed by atoms with E-state index in [4.69, 9.17) is 28.9 Å². The Hall–Kier alpha value is -1.30. The molecule has 0 heterocycles. The molecule has 0 atom stereocenters. The maximum atomic E-state index is 13.6. The highest BCUT2D eigenvalue weighted by Crippen LogP contribution is 2.26. The van der Waals surface area contributed by atoms with E-state index in [1.807, 2.05) is 0 Å². The molecule has 2 rings (SSSR count). The molecule has 0 unspecified atom stereocenters. The van der Waals surface area contributed by atoms with Crippen LogP contribution in [0, 0.1) is 5.82 Å². The third-order valence-corrected chi connectivity index (χ3v) is 4.92. The van der Waals surface area contributed by atoms with E-state index in [9.17, 15) is 12.8 Å². The number of anilines is 1. The van der Waals surface area contributed by atoms with Gasteiger partial charge in [-0.1, -0.05) is 29.3 Å². The Balaban J connectivity index is 2.38. The van der Waals surface area contributed by atoms with Crippen LogP contribution < -0.4 is 5.73 Å². The molecule has 0 aliphatic carbocycles. The van der Waals surface area contributed by atoms with Gasteiger partial charge in [-0.25, -0.2) is 12.8 Å². The normalized spacial score (nSPS) is 11.6. The summed E-state index contributed by atoms with van der Waals surface area (Å²) < 4.78 is 38.1. The summed E-state index contributed by atoms with van der Waals surface area (Å²) >= 11 is 11.4. The number of hydrogen-bond acceptors (Lipinski definition) is 3. The molecular weight excluding hydrogens is 324 g/mol. The SMILES string of the molecule is Nc1ccc(S(=O)(=O)Cc2ccc(Cl)cc2F)cc1Cl. The highest BCUT2D eigenvalue weighted by molar-refractivity contribution is 7.90. The van der Waals surface area contributed by atoms with E-state index in [0.717, 1.165) is 6.07 Å². The lowest BCUT2D eigenvalue weighted by Gasteiger charge is -2.07. The molecule has 106 valence electrons. The maximum Gasteiger partial charge on any atom is 0.182 e. The first-order valence-corrected chi connectivity index (χ1v) is 7.92. The van der Waals surface area contributed by atoms with Crippen LogP contribution in [0.25, 0.3) is 0 Å². The van der Waals surface area contributed by atoms with Crippen molar-refractivity contribution in [1.82, 2.24) is 0 Å². The van der Waals surface area contributed by atoms with Crippen LogP contribution >= 0.6 is 23.2 Å². The summed E-state index contributed by atoms with van der Waals surface area (Å²) in [5.74, 6) is -1.14. The van der Waals surface area contributed by atoms with Crippen LogP contribution in [0.1, 0.15) is 5.56 Å². The van der Waals surface area contributed by atoms with Crippen molar-refractivity contribution in [3.8, 4) is 0 Å². The van der Waals surface area contributed by atoms with Crippen LogP contribution in [0.2, 0.25) is 10.0 Å². The van der Waals surface area contributed by atoms with Crippen molar-refractivity contribution in [3.63, 3.8) is 0 Å². The molecule has 0 amide bonds. The lowest BCUT2D eigenvalue weighted by atomic mass is 10.2. The second-order valence-electron chi connectivity index (χ2n) is 4.18. The highest BCUT2D eigenvalue weighted by Gasteiger charge is 2.18. The van der Waals surface area contributed by atoms with Crippen LogP contribution in [0.4, 0.5) is 10.1 Å². The Morgan fingerprint density at radius 1 is 1.10 bits per heavy atom. The lowest BCUT2D eigenvalue weighted by Crippen LogP contribution is -2.07. The molecule has 2 aromatic carbocycles. The minimum atomic E-state index is -3.71. The Bertz CT molecular complexity index is 763. The van der Waals surface area contributed by atoms with Crippen molar-refractivity contribution in [1.29, 1.82) is 0 Å². The van der Waals surface area contributed by atoms with Gasteiger partial charge in [0.25, 0.3) is 0 Å². The van der Waals surface area contributed by atoms with Crippen LogP contribution in [0.15, 0.2) is 41.3 Å². The molecule has 2 N–H and O–H groups in total. The van der Waals surface area contributed by atoms with E-state index in [-0.39, 0.29) is 26.2 Å². The van der Waals surface area contributed by atoms with Gasteiger partial charge in [0.2, 0.25) is 0 Å². The first kappa shape index (κ1) is 15.1. The molecule has 0 radical (unpaired) electrons. The average molecular weight is 334 g/mol. The quantitative estimate of drug-likeness (QED) is 0.871. The Labute approximate surface area is 126 Å². The molecule has 0 saturated heterocycles.